The molecule has 0 amide bonds. The first-order valence-electron chi connectivity index (χ1n) is 6.37. The molecule has 0 heterocycles. The number of hydrogen-bond acceptors (Lipinski definition) is 3. The molecule has 0 aliphatic heterocycles. The van der Waals surface area contributed by atoms with Gasteiger partial charge in [-0.05, 0) is 40.5 Å². The lowest BCUT2D eigenvalue weighted by Gasteiger charge is -2.21. The first-order valence-corrected chi connectivity index (χ1v) is 8.60. The summed E-state index contributed by atoms with van der Waals surface area (Å²) in [6.07, 6.45) is 1.70. The van der Waals surface area contributed by atoms with Crippen LogP contribution in [0, 0.1) is 0 Å². The van der Waals surface area contributed by atoms with E-state index in [2.05, 4.69) is 15.9 Å². The van der Waals surface area contributed by atoms with Crippen LogP contribution in [0.5, 0.6) is 0 Å². The zero-order valence-electron chi connectivity index (χ0n) is 11.5. The molecule has 0 spiro atoms. The number of halogens is 1. The fourth-order valence-electron chi connectivity index (χ4n) is 1.76. The molecule has 0 saturated carbocycles. The van der Waals surface area contributed by atoms with Crippen LogP contribution in [0.3, 0.4) is 0 Å². The first-order chi connectivity index (χ1) is 9.34. The largest absolute Gasteiger partial charge is 0.478 e. The van der Waals surface area contributed by atoms with E-state index >= 15 is 0 Å². The summed E-state index contributed by atoms with van der Waals surface area (Å²) in [6, 6.07) is 3.94. The molecule has 1 rings (SSSR count). The number of carboxylic acids is 1. The summed E-state index contributed by atoms with van der Waals surface area (Å²) in [5.41, 5.74) is 0.0485. The molecule has 20 heavy (non-hydrogen) atoms. The molecule has 0 aliphatic rings. The van der Waals surface area contributed by atoms with Crippen LogP contribution in [-0.4, -0.2) is 36.9 Å². The lowest BCUT2D eigenvalue weighted by Crippen LogP contribution is -2.32. The van der Waals surface area contributed by atoms with Crippen molar-refractivity contribution in [2.45, 2.75) is 31.6 Å². The smallest absolute Gasteiger partial charge is 0.335 e. The minimum atomic E-state index is -3.60. The van der Waals surface area contributed by atoms with Crippen molar-refractivity contribution < 1.29 is 18.3 Å². The van der Waals surface area contributed by atoms with Crippen molar-refractivity contribution in [2.75, 3.05) is 13.1 Å². The molecule has 0 saturated heterocycles. The minimum absolute atomic E-state index is 0.0485. The number of aromatic carboxylic acids is 1. The van der Waals surface area contributed by atoms with E-state index in [4.69, 9.17) is 5.11 Å². The number of carboxylic acid groups (broad SMARTS) is 1. The molecule has 0 aliphatic carbocycles. The van der Waals surface area contributed by atoms with E-state index in [0.717, 1.165) is 12.8 Å². The number of sulfonamides is 1. The second-order valence-corrected chi connectivity index (χ2v) is 7.06. The Balaban J connectivity index is 3.17. The molecule has 0 radical (unpaired) electrons. The Kier molecular flexibility index (Phi) is 6.16. The number of carbonyl (C=O) groups is 1. The summed E-state index contributed by atoms with van der Waals surface area (Å²) in [7, 11) is -3.60. The predicted octanol–water partition coefficient (Wildman–Crippen LogP) is 2.96. The van der Waals surface area contributed by atoms with Crippen molar-refractivity contribution in [1.82, 2.24) is 4.31 Å². The van der Waals surface area contributed by atoms with Crippen molar-refractivity contribution in [3.05, 3.63) is 28.2 Å². The Bertz CT molecular complexity index is 586. The van der Waals surface area contributed by atoms with Crippen molar-refractivity contribution in [3.63, 3.8) is 0 Å². The molecule has 1 N–H and O–H groups in total. The van der Waals surface area contributed by atoms with Crippen molar-refractivity contribution in [1.29, 1.82) is 0 Å². The quantitative estimate of drug-likeness (QED) is 0.807. The van der Waals surface area contributed by atoms with Crippen LogP contribution >= 0.6 is 15.9 Å². The summed E-state index contributed by atoms with van der Waals surface area (Å²) in [5, 5.41) is 8.89. The molecule has 0 unspecified atom stereocenters. The van der Waals surface area contributed by atoms with Crippen molar-refractivity contribution in [2.24, 2.45) is 0 Å². The number of unbranched alkanes of at least 4 members (excludes halogenated alkanes) is 1. The van der Waals surface area contributed by atoms with Crippen molar-refractivity contribution >= 4 is 31.9 Å². The Hall–Kier alpha value is -0.920. The van der Waals surface area contributed by atoms with Crippen LogP contribution in [-0.2, 0) is 10.0 Å². The third-order valence-corrected chi connectivity index (χ3v) is 5.86. The van der Waals surface area contributed by atoms with Gasteiger partial charge in [-0.25, -0.2) is 13.2 Å². The highest BCUT2D eigenvalue weighted by atomic mass is 79.9. The Morgan fingerprint density at radius 2 is 2.00 bits per heavy atom. The molecule has 0 bridgehead atoms. The first kappa shape index (κ1) is 17.1. The van der Waals surface area contributed by atoms with E-state index in [1.54, 1.807) is 6.92 Å². The Morgan fingerprint density at radius 1 is 1.35 bits per heavy atom. The van der Waals surface area contributed by atoms with Gasteiger partial charge in [0.15, 0.2) is 0 Å². The summed E-state index contributed by atoms with van der Waals surface area (Å²) < 4.78 is 26.7. The van der Waals surface area contributed by atoms with Gasteiger partial charge in [0.1, 0.15) is 0 Å². The van der Waals surface area contributed by atoms with Crippen LogP contribution in [0.1, 0.15) is 37.0 Å². The third-order valence-electron chi connectivity index (χ3n) is 2.91. The molecule has 0 fully saturated rings. The average molecular weight is 364 g/mol. The zero-order chi connectivity index (χ0) is 15.3. The highest BCUT2D eigenvalue weighted by Crippen LogP contribution is 2.26. The fourth-order valence-corrected chi connectivity index (χ4v) is 4.29. The average Bonchev–Trinajstić information content (AvgIpc) is 2.38. The molecule has 112 valence electrons. The topological polar surface area (TPSA) is 74.7 Å². The standard InChI is InChI=1S/C13H18BrNO4S/c1-3-5-8-15(4-2)20(18,19)12-7-6-10(13(16)17)9-11(12)14/h6-7,9H,3-5,8H2,1-2H3,(H,16,17). The summed E-state index contributed by atoms with van der Waals surface area (Å²) in [4.78, 5) is 11.0. The van der Waals surface area contributed by atoms with Crippen LogP contribution in [0.2, 0.25) is 0 Å². The van der Waals surface area contributed by atoms with Gasteiger partial charge in [-0.3, -0.25) is 0 Å². The van der Waals surface area contributed by atoms with E-state index in [1.807, 2.05) is 6.92 Å². The Morgan fingerprint density at radius 3 is 2.45 bits per heavy atom. The molecular formula is C13H18BrNO4S. The lowest BCUT2D eigenvalue weighted by atomic mass is 10.2. The maximum Gasteiger partial charge on any atom is 0.335 e. The predicted molar refractivity (Wildman–Crippen MR) is 80.4 cm³/mol. The number of rotatable bonds is 7. The lowest BCUT2D eigenvalue weighted by molar-refractivity contribution is 0.0696. The maximum atomic E-state index is 12.5. The van der Waals surface area contributed by atoms with E-state index in [9.17, 15) is 13.2 Å². The van der Waals surface area contributed by atoms with Gasteiger partial charge >= 0.3 is 5.97 Å². The minimum Gasteiger partial charge on any atom is -0.478 e. The maximum absolute atomic E-state index is 12.5. The van der Waals surface area contributed by atoms with Crippen LogP contribution in [0.25, 0.3) is 0 Å². The van der Waals surface area contributed by atoms with Gasteiger partial charge in [0, 0.05) is 17.6 Å². The summed E-state index contributed by atoms with van der Waals surface area (Å²) >= 11 is 3.15. The van der Waals surface area contributed by atoms with Gasteiger partial charge in [0.05, 0.1) is 10.5 Å². The van der Waals surface area contributed by atoms with E-state index in [0.29, 0.717) is 13.1 Å². The van der Waals surface area contributed by atoms with Gasteiger partial charge < -0.3 is 5.11 Å². The number of nitrogens with zero attached hydrogens (tertiary/aromatic N) is 1. The summed E-state index contributed by atoms with van der Waals surface area (Å²) in [6.45, 7) is 4.63. The van der Waals surface area contributed by atoms with E-state index in [-0.39, 0.29) is 14.9 Å². The highest BCUT2D eigenvalue weighted by molar-refractivity contribution is 9.10. The molecule has 0 aromatic heterocycles. The molecule has 7 heteroatoms. The van der Waals surface area contributed by atoms with Gasteiger partial charge in [-0.1, -0.05) is 20.3 Å². The van der Waals surface area contributed by atoms with Gasteiger partial charge in [0.25, 0.3) is 0 Å². The second-order valence-electron chi connectivity index (χ2n) is 4.30. The number of hydrogen-bond donors (Lipinski definition) is 1. The van der Waals surface area contributed by atoms with Crippen LogP contribution in [0.4, 0.5) is 0 Å². The van der Waals surface area contributed by atoms with Gasteiger partial charge in [-0.2, -0.15) is 4.31 Å². The van der Waals surface area contributed by atoms with E-state index in [1.165, 1.54) is 22.5 Å². The summed E-state index contributed by atoms with van der Waals surface area (Å²) in [5.74, 6) is -1.09. The SMILES string of the molecule is CCCCN(CC)S(=O)(=O)c1ccc(C(=O)O)cc1Br. The molecular weight excluding hydrogens is 346 g/mol. The Labute approximate surface area is 127 Å². The highest BCUT2D eigenvalue weighted by Gasteiger charge is 2.25. The zero-order valence-corrected chi connectivity index (χ0v) is 13.9. The van der Waals surface area contributed by atoms with Gasteiger partial charge in [0.2, 0.25) is 10.0 Å². The van der Waals surface area contributed by atoms with Crippen LogP contribution < -0.4 is 0 Å². The van der Waals surface area contributed by atoms with Crippen LogP contribution in [0.15, 0.2) is 27.6 Å². The molecule has 5 nitrogen and oxygen atoms in total. The third kappa shape index (κ3) is 3.80. The monoisotopic (exact) mass is 363 g/mol. The normalized spacial score (nSPS) is 11.8. The van der Waals surface area contributed by atoms with Gasteiger partial charge in [-0.15, -0.1) is 0 Å². The molecule has 1 aromatic rings. The fraction of sp³-hybridized carbons (Fsp3) is 0.462. The number of benzene rings is 1. The molecule has 0 atom stereocenters. The molecule has 1 aromatic carbocycles. The second kappa shape index (κ2) is 7.19. The van der Waals surface area contributed by atoms with Crippen molar-refractivity contribution in [3.8, 4) is 0 Å². The van der Waals surface area contributed by atoms with E-state index < -0.39 is 16.0 Å².